The van der Waals surface area contributed by atoms with Crippen molar-refractivity contribution >= 4 is 23.2 Å². The van der Waals surface area contributed by atoms with Gasteiger partial charge < -0.3 is 9.80 Å². The molecule has 0 N–H and O–H groups in total. The number of amides is 2. The Kier molecular flexibility index (Phi) is 6.91. The molecule has 0 radical (unpaired) electrons. The number of carbonyl (C=O) groups is 2. The molecule has 4 nitrogen and oxygen atoms in total. The maximum Gasteiger partial charge on any atom is 0.242 e. The van der Waals surface area contributed by atoms with Crippen molar-refractivity contribution in [2.45, 2.75) is 46.8 Å². The number of hydrogen-bond acceptors (Lipinski definition) is 3. The number of rotatable bonds is 7. The molecule has 0 saturated carbocycles. The molecule has 0 saturated heterocycles. The minimum Gasteiger partial charge on any atom is -0.332 e. The van der Waals surface area contributed by atoms with Gasteiger partial charge in [0.1, 0.15) is 5.82 Å². The Hall–Kier alpha value is -2.21. The van der Waals surface area contributed by atoms with E-state index in [1.165, 1.54) is 23.9 Å². The standard InChI is InChI=1S/C20H25FN2O2S/c1-14(2)23(16(4)24)13-20(25)22(12-19-10-5-15(3)26-19)11-17-6-8-18(21)9-7-17/h5-10,14H,11-13H2,1-4H3. The van der Waals surface area contributed by atoms with Crippen LogP contribution in [0.25, 0.3) is 0 Å². The largest absolute Gasteiger partial charge is 0.332 e. The van der Waals surface area contributed by atoms with E-state index in [1.807, 2.05) is 32.9 Å². The number of nitrogens with zero attached hydrogens (tertiary/aromatic N) is 2. The van der Waals surface area contributed by atoms with Crippen molar-refractivity contribution in [1.82, 2.24) is 9.80 Å². The summed E-state index contributed by atoms with van der Waals surface area (Å²) in [5.74, 6) is -0.547. The Morgan fingerprint density at radius 2 is 1.73 bits per heavy atom. The molecule has 0 aliphatic rings. The van der Waals surface area contributed by atoms with Crippen molar-refractivity contribution in [1.29, 1.82) is 0 Å². The van der Waals surface area contributed by atoms with Crippen LogP contribution in [-0.2, 0) is 22.7 Å². The number of halogens is 1. The zero-order valence-corrected chi connectivity index (χ0v) is 16.5. The zero-order chi connectivity index (χ0) is 19.3. The molecule has 1 aromatic heterocycles. The van der Waals surface area contributed by atoms with Gasteiger partial charge in [0.2, 0.25) is 11.8 Å². The zero-order valence-electron chi connectivity index (χ0n) is 15.7. The van der Waals surface area contributed by atoms with Crippen molar-refractivity contribution < 1.29 is 14.0 Å². The van der Waals surface area contributed by atoms with Crippen molar-refractivity contribution in [2.24, 2.45) is 0 Å². The van der Waals surface area contributed by atoms with Gasteiger partial charge in [-0.1, -0.05) is 12.1 Å². The number of carbonyl (C=O) groups excluding carboxylic acids is 2. The third kappa shape index (κ3) is 5.66. The molecule has 26 heavy (non-hydrogen) atoms. The van der Waals surface area contributed by atoms with Crippen molar-refractivity contribution in [3.05, 3.63) is 57.5 Å². The second-order valence-corrected chi connectivity index (χ2v) is 8.00. The smallest absolute Gasteiger partial charge is 0.242 e. The van der Waals surface area contributed by atoms with Crippen LogP contribution in [0.1, 0.15) is 36.1 Å². The SMILES string of the molecule is CC(=O)N(CC(=O)N(Cc1ccc(F)cc1)Cc1ccc(C)s1)C(C)C. The van der Waals surface area contributed by atoms with Crippen molar-refractivity contribution in [3.63, 3.8) is 0 Å². The molecule has 0 atom stereocenters. The van der Waals surface area contributed by atoms with Gasteiger partial charge in [0, 0.05) is 29.3 Å². The predicted molar refractivity (Wildman–Crippen MR) is 102 cm³/mol. The normalized spacial score (nSPS) is 10.8. The molecule has 140 valence electrons. The first-order valence-corrected chi connectivity index (χ1v) is 9.42. The molecule has 6 heteroatoms. The summed E-state index contributed by atoms with van der Waals surface area (Å²) < 4.78 is 13.2. The lowest BCUT2D eigenvalue weighted by Crippen LogP contribution is -2.44. The highest BCUT2D eigenvalue weighted by atomic mass is 32.1. The fourth-order valence-corrected chi connectivity index (χ4v) is 3.61. The lowest BCUT2D eigenvalue weighted by atomic mass is 10.2. The van der Waals surface area contributed by atoms with E-state index in [-0.39, 0.29) is 30.2 Å². The van der Waals surface area contributed by atoms with Crippen LogP contribution in [0.3, 0.4) is 0 Å². The Labute approximate surface area is 158 Å². The summed E-state index contributed by atoms with van der Waals surface area (Å²) in [5, 5.41) is 0. The highest BCUT2D eigenvalue weighted by Crippen LogP contribution is 2.19. The molecule has 2 amide bonds. The molecular weight excluding hydrogens is 351 g/mol. The lowest BCUT2D eigenvalue weighted by Gasteiger charge is -2.29. The first kappa shape index (κ1) is 20.1. The van der Waals surface area contributed by atoms with Gasteiger partial charge in [-0.05, 0) is 50.6 Å². The minimum atomic E-state index is -0.303. The Balaban J connectivity index is 2.19. The molecule has 2 aromatic rings. The second-order valence-electron chi connectivity index (χ2n) is 6.63. The second kappa shape index (κ2) is 8.94. The fraction of sp³-hybridized carbons (Fsp3) is 0.400. The summed E-state index contributed by atoms with van der Waals surface area (Å²) in [6.07, 6.45) is 0. The van der Waals surface area contributed by atoms with E-state index < -0.39 is 0 Å². The van der Waals surface area contributed by atoms with Crippen molar-refractivity contribution in [3.8, 4) is 0 Å². The highest BCUT2D eigenvalue weighted by Gasteiger charge is 2.22. The van der Waals surface area contributed by atoms with Gasteiger partial charge in [-0.25, -0.2) is 4.39 Å². The maximum absolute atomic E-state index is 13.2. The number of benzene rings is 1. The summed E-state index contributed by atoms with van der Waals surface area (Å²) in [6, 6.07) is 10.1. The average Bonchev–Trinajstić information content (AvgIpc) is 2.98. The molecule has 0 bridgehead atoms. The summed E-state index contributed by atoms with van der Waals surface area (Å²) in [7, 11) is 0. The molecule has 0 aliphatic heterocycles. The van der Waals surface area contributed by atoms with Crippen LogP contribution in [0.2, 0.25) is 0 Å². The van der Waals surface area contributed by atoms with E-state index in [0.717, 1.165) is 10.4 Å². The van der Waals surface area contributed by atoms with E-state index in [2.05, 4.69) is 0 Å². The van der Waals surface area contributed by atoms with Gasteiger partial charge in [0.15, 0.2) is 0 Å². The monoisotopic (exact) mass is 376 g/mol. The third-order valence-electron chi connectivity index (χ3n) is 4.12. The van der Waals surface area contributed by atoms with E-state index in [9.17, 15) is 14.0 Å². The van der Waals surface area contributed by atoms with Crippen LogP contribution >= 0.6 is 11.3 Å². The van der Waals surface area contributed by atoms with Crippen LogP contribution in [0.15, 0.2) is 36.4 Å². The summed E-state index contributed by atoms with van der Waals surface area (Å²) >= 11 is 1.64. The lowest BCUT2D eigenvalue weighted by molar-refractivity contribution is -0.141. The third-order valence-corrected chi connectivity index (χ3v) is 5.10. The molecule has 0 fully saturated rings. The van der Waals surface area contributed by atoms with Gasteiger partial charge in [-0.3, -0.25) is 9.59 Å². The quantitative estimate of drug-likeness (QED) is 0.733. The Bertz CT molecular complexity index is 755. The van der Waals surface area contributed by atoms with Crippen LogP contribution in [0, 0.1) is 12.7 Å². The van der Waals surface area contributed by atoms with Gasteiger partial charge in [0.05, 0.1) is 13.1 Å². The fourth-order valence-electron chi connectivity index (χ4n) is 2.70. The molecular formula is C20H25FN2O2S. The molecule has 1 aromatic carbocycles. The van der Waals surface area contributed by atoms with Crippen LogP contribution in [0.5, 0.6) is 0 Å². The average molecular weight is 376 g/mol. The van der Waals surface area contributed by atoms with E-state index in [1.54, 1.807) is 33.3 Å². The summed E-state index contributed by atoms with van der Waals surface area (Å²) in [4.78, 5) is 30.3. The van der Waals surface area contributed by atoms with Gasteiger partial charge in [0.25, 0.3) is 0 Å². The van der Waals surface area contributed by atoms with Gasteiger partial charge in [-0.2, -0.15) is 0 Å². The van der Waals surface area contributed by atoms with E-state index in [4.69, 9.17) is 0 Å². The van der Waals surface area contributed by atoms with E-state index >= 15 is 0 Å². The predicted octanol–water partition coefficient (Wildman–Crippen LogP) is 3.98. The van der Waals surface area contributed by atoms with Crippen LogP contribution in [-0.4, -0.2) is 34.2 Å². The number of aryl methyl sites for hydroxylation is 1. The van der Waals surface area contributed by atoms with Crippen LogP contribution in [0.4, 0.5) is 4.39 Å². The Morgan fingerprint density at radius 1 is 1.08 bits per heavy atom. The molecule has 0 unspecified atom stereocenters. The van der Waals surface area contributed by atoms with Crippen LogP contribution < -0.4 is 0 Å². The Morgan fingerprint density at radius 3 is 2.23 bits per heavy atom. The maximum atomic E-state index is 13.2. The molecule has 1 heterocycles. The van der Waals surface area contributed by atoms with Gasteiger partial charge >= 0.3 is 0 Å². The molecule has 0 spiro atoms. The van der Waals surface area contributed by atoms with Gasteiger partial charge in [-0.15, -0.1) is 11.3 Å². The van der Waals surface area contributed by atoms with E-state index in [0.29, 0.717) is 13.1 Å². The molecule has 2 rings (SSSR count). The number of thiophene rings is 1. The first-order valence-electron chi connectivity index (χ1n) is 8.61. The topological polar surface area (TPSA) is 40.6 Å². The first-order chi connectivity index (χ1) is 12.3. The minimum absolute atomic E-state index is 0.0402. The van der Waals surface area contributed by atoms with Crippen molar-refractivity contribution in [2.75, 3.05) is 6.54 Å². The highest BCUT2D eigenvalue weighted by molar-refractivity contribution is 7.11. The number of hydrogen-bond donors (Lipinski definition) is 0. The summed E-state index contributed by atoms with van der Waals surface area (Å²) in [5.41, 5.74) is 0.854. The molecule has 0 aliphatic carbocycles. The summed E-state index contributed by atoms with van der Waals surface area (Å²) in [6.45, 7) is 8.16.